The number of benzene rings is 2. The van der Waals surface area contributed by atoms with Crippen LogP contribution in [0.4, 0.5) is 5.69 Å². The van der Waals surface area contributed by atoms with Gasteiger partial charge in [-0.2, -0.15) is 0 Å². The third kappa shape index (κ3) is 4.28. The molecule has 0 atom stereocenters. The van der Waals surface area contributed by atoms with Crippen LogP contribution in [0.1, 0.15) is 24.8 Å². The average Bonchev–Trinajstić information content (AvgIpc) is 3.24. The average molecular weight is 460 g/mol. The van der Waals surface area contributed by atoms with Crippen molar-refractivity contribution in [3.05, 3.63) is 81.0 Å². The summed E-state index contributed by atoms with van der Waals surface area (Å²) < 4.78 is 8.56. The molecule has 0 aliphatic carbocycles. The predicted octanol–water partition coefficient (Wildman–Crippen LogP) is 3.24. The molecule has 1 N–H and O–H groups in total. The van der Waals surface area contributed by atoms with Crippen molar-refractivity contribution in [3.63, 3.8) is 0 Å². The van der Waals surface area contributed by atoms with Gasteiger partial charge >= 0.3 is 5.69 Å². The van der Waals surface area contributed by atoms with Gasteiger partial charge in [0.05, 0.1) is 13.2 Å². The maximum Gasteiger partial charge on any atom is 0.330 e. The molecule has 4 aromatic rings. The minimum Gasteiger partial charge on any atom is -0.383 e. The van der Waals surface area contributed by atoms with Crippen molar-refractivity contribution in [1.29, 1.82) is 0 Å². The molecule has 2 aromatic heterocycles. The number of aromatic nitrogens is 4. The predicted molar refractivity (Wildman–Crippen MR) is 134 cm³/mol. The van der Waals surface area contributed by atoms with Crippen LogP contribution in [0.25, 0.3) is 22.6 Å². The number of hydrogen-bond donors (Lipinski definition) is 1. The number of nitrogens with zero attached hydrogens (tertiary/aromatic N) is 4. The molecular weight excluding hydrogens is 430 g/mol. The topological polar surface area (TPSA) is 85.2 Å². The molecule has 1 aliphatic rings. The van der Waals surface area contributed by atoms with Crippen molar-refractivity contribution >= 4 is 16.9 Å². The molecular formula is C26H29N5O3. The summed E-state index contributed by atoms with van der Waals surface area (Å²) >= 11 is 0. The van der Waals surface area contributed by atoms with Gasteiger partial charge < -0.3 is 14.2 Å². The number of hydrogen-bond acceptors (Lipinski definition) is 5. The van der Waals surface area contributed by atoms with Crippen LogP contribution >= 0.6 is 0 Å². The number of aromatic amines is 1. The highest BCUT2D eigenvalue weighted by atomic mass is 16.5. The number of methoxy groups -OCH3 is 1. The fourth-order valence-corrected chi connectivity index (χ4v) is 4.68. The second-order valence-corrected chi connectivity index (χ2v) is 8.68. The molecule has 1 fully saturated rings. The van der Waals surface area contributed by atoms with E-state index in [-0.39, 0.29) is 0 Å². The Kier molecular flexibility index (Phi) is 6.31. The van der Waals surface area contributed by atoms with Gasteiger partial charge in [-0.15, -0.1) is 0 Å². The zero-order valence-corrected chi connectivity index (χ0v) is 19.4. The molecule has 3 heterocycles. The number of nitrogens with one attached hydrogen (secondary N) is 1. The number of ether oxygens (including phenoxy) is 1. The smallest absolute Gasteiger partial charge is 0.330 e. The van der Waals surface area contributed by atoms with Gasteiger partial charge in [0.15, 0.2) is 11.2 Å². The fraction of sp³-hybridized carbons (Fsp3) is 0.346. The quantitative estimate of drug-likeness (QED) is 0.459. The molecule has 8 heteroatoms. The van der Waals surface area contributed by atoms with Crippen LogP contribution in [0.3, 0.4) is 0 Å². The molecule has 0 unspecified atom stereocenters. The minimum absolute atomic E-state index is 0.304. The SMILES string of the molecule is COCCn1c(=O)[nH]c(=O)c2c1nc(-c1ccc(N3CCCCC3)cc1)n2Cc1ccccc1. The van der Waals surface area contributed by atoms with E-state index in [1.807, 2.05) is 34.9 Å². The van der Waals surface area contributed by atoms with Gasteiger partial charge in [-0.3, -0.25) is 14.3 Å². The van der Waals surface area contributed by atoms with Gasteiger partial charge in [-0.05, 0) is 49.1 Å². The summed E-state index contributed by atoms with van der Waals surface area (Å²) in [6, 6.07) is 18.3. The highest BCUT2D eigenvalue weighted by molar-refractivity contribution is 5.77. The number of piperidine rings is 1. The summed E-state index contributed by atoms with van der Waals surface area (Å²) in [5, 5.41) is 0. The monoisotopic (exact) mass is 459 g/mol. The third-order valence-corrected chi connectivity index (χ3v) is 6.43. The molecule has 1 aliphatic heterocycles. The van der Waals surface area contributed by atoms with Gasteiger partial charge in [-0.25, -0.2) is 9.78 Å². The second-order valence-electron chi connectivity index (χ2n) is 8.68. The van der Waals surface area contributed by atoms with E-state index >= 15 is 0 Å². The van der Waals surface area contributed by atoms with Crippen LogP contribution in [-0.4, -0.2) is 45.9 Å². The van der Waals surface area contributed by atoms with Crippen LogP contribution < -0.4 is 16.1 Å². The Morgan fingerprint density at radius 1 is 0.941 bits per heavy atom. The Balaban J connectivity index is 1.65. The largest absolute Gasteiger partial charge is 0.383 e. The van der Waals surface area contributed by atoms with Crippen molar-refractivity contribution in [2.75, 3.05) is 31.7 Å². The van der Waals surface area contributed by atoms with Gasteiger partial charge in [0.1, 0.15) is 5.82 Å². The lowest BCUT2D eigenvalue weighted by Crippen LogP contribution is -2.32. The molecule has 0 saturated carbocycles. The van der Waals surface area contributed by atoms with Crippen molar-refractivity contribution in [2.24, 2.45) is 0 Å². The standard InChI is InChI=1S/C26H29N5O3/c1-34-17-16-30-24-22(25(32)28-26(30)33)31(18-19-8-4-2-5-9-19)23(27-24)20-10-12-21(13-11-20)29-14-6-3-7-15-29/h2,4-5,8-13H,3,6-7,14-18H2,1H3,(H,28,32,33). The van der Waals surface area contributed by atoms with Crippen molar-refractivity contribution in [2.45, 2.75) is 32.4 Å². The van der Waals surface area contributed by atoms with E-state index in [1.54, 1.807) is 7.11 Å². The van der Waals surface area contributed by atoms with Crippen LogP contribution in [-0.2, 0) is 17.8 Å². The van der Waals surface area contributed by atoms with Crippen molar-refractivity contribution < 1.29 is 4.74 Å². The Morgan fingerprint density at radius 3 is 2.38 bits per heavy atom. The van der Waals surface area contributed by atoms with Crippen LogP contribution in [0.2, 0.25) is 0 Å². The Morgan fingerprint density at radius 2 is 1.68 bits per heavy atom. The van der Waals surface area contributed by atoms with E-state index in [0.29, 0.717) is 36.7 Å². The summed E-state index contributed by atoms with van der Waals surface area (Å²) in [4.78, 5) is 35.3. The molecule has 2 aromatic carbocycles. The maximum atomic E-state index is 13.0. The first-order valence-electron chi connectivity index (χ1n) is 11.8. The van der Waals surface area contributed by atoms with E-state index < -0.39 is 11.2 Å². The Bertz CT molecular complexity index is 1380. The van der Waals surface area contributed by atoms with E-state index in [9.17, 15) is 9.59 Å². The van der Waals surface area contributed by atoms with Gasteiger partial charge in [0, 0.05) is 38.0 Å². The summed E-state index contributed by atoms with van der Waals surface area (Å²) in [5.74, 6) is 0.659. The Hall–Kier alpha value is -3.65. The zero-order chi connectivity index (χ0) is 23.5. The molecule has 0 bridgehead atoms. The number of anilines is 1. The van der Waals surface area contributed by atoms with E-state index in [1.165, 1.54) is 29.5 Å². The first-order valence-corrected chi connectivity index (χ1v) is 11.8. The summed E-state index contributed by atoms with van der Waals surface area (Å²) in [5.41, 5.74) is 2.98. The molecule has 34 heavy (non-hydrogen) atoms. The van der Waals surface area contributed by atoms with Gasteiger partial charge in [-0.1, -0.05) is 30.3 Å². The molecule has 1 saturated heterocycles. The first-order chi connectivity index (χ1) is 16.7. The molecule has 0 spiro atoms. The number of rotatable bonds is 7. The highest BCUT2D eigenvalue weighted by Gasteiger charge is 2.20. The fourth-order valence-electron chi connectivity index (χ4n) is 4.68. The molecule has 0 radical (unpaired) electrons. The molecule has 5 rings (SSSR count). The van der Waals surface area contributed by atoms with Crippen LogP contribution in [0.5, 0.6) is 0 Å². The maximum absolute atomic E-state index is 13.0. The zero-order valence-electron chi connectivity index (χ0n) is 19.4. The number of H-pyrrole nitrogens is 1. The Labute approximate surface area is 197 Å². The van der Waals surface area contributed by atoms with Crippen LogP contribution in [0, 0.1) is 0 Å². The number of imidazole rings is 1. The highest BCUT2D eigenvalue weighted by Crippen LogP contribution is 2.27. The summed E-state index contributed by atoms with van der Waals surface area (Å²) in [7, 11) is 1.58. The van der Waals surface area contributed by atoms with Gasteiger partial charge in [0.2, 0.25) is 0 Å². The lowest BCUT2D eigenvalue weighted by molar-refractivity contribution is 0.187. The second kappa shape index (κ2) is 9.69. The van der Waals surface area contributed by atoms with Crippen molar-refractivity contribution in [3.8, 4) is 11.4 Å². The van der Waals surface area contributed by atoms with E-state index in [2.05, 4.69) is 34.1 Å². The van der Waals surface area contributed by atoms with E-state index in [0.717, 1.165) is 24.2 Å². The minimum atomic E-state index is -0.481. The van der Waals surface area contributed by atoms with Gasteiger partial charge in [0.25, 0.3) is 5.56 Å². The molecule has 176 valence electrons. The summed E-state index contributed by atoms with van der Waals surface area (Å²) in [6.45, 7) is 3.26. The van der Waals surface area contributed by atoms with E-state index in [4.69, 9.17) is 9.72 Å². The first kappa shape index (κ1) is 22.2. The van der Waals surface area contributed by atoms with Crippen LogP contribution in [0.15, 0.2) is 64.2 Å². The number of fused-ring (bicyclic) bond motifs is 1. The van der Waals surface area contributed by atoms with Crippen molar-refractivity contribution in [1.82, 2.24) is 19.1 Å². The normalized spacial score (nSPS) is 14.1. The molecule has 8 nitrogen and oxygen atoms in total. The lowest BCUT2D eigenvalue weighted by atomic mass is 10.1. The molecule has 0 amide bonds. The third-order valence-electron chi connectivity index (χ3n) is 6.43. The summed E-state index contributed by atoms with van der Waals surface area (Å²) in [6.07, 6.45) is 3.73. The lowest BCUT2D eigenvalue weighted by Gasteiger charge is -2.28.